The highest BCUT2D eigenvalue weighted by Gasteiger charge is 2.15. The van der Waals surface area contributed by atoms with Crippen molar-refractivity contribution in [2.75, 3.05) is 0 Å². The summed E-state index contributed by atoms with van der Waals surface area (Å²) in [7, 11) is 0. The second kappa shape index (κ2) is 8.83. The minimum absolute atomic E-state index is 0.00952. The molecule has 27 heavy (non-hydrogen) atoms. The van der Waals surface area contributed by atoms with Gasteiger partial charge in [0.1, 0.15) is 11.6 Å². The van der Waals surface area contributed by atoms with Gasteiger partial charge in [0.25, 0.3) is 0 Å². The molecule has 0 spiro atoms. The summed E-state index contributed by atoms with van der Waals surface area (Å²) in [6, 6.07) is 13.3. The second-order valence-electron chi connectivity index (χ2n) is 5.83. The van der Waals surface area contributed by atoms with Crippen molar-refractivity contribution in [3.63, 3.8) is 0 Å². The van der Waals surface area contributed by atoms with Gasteiger partial charge >= 0.3 is 0 Å². The Morgan fingerprint density at radius 1 is 0.963 bits per heavy atom. The lowest BCUT2D eigenvalue weighted by molar-refractivity contribution is 0.589. The molecule has 0 fully saturated rings. The fourth-order valence-electron chi connectivity index (χ4n) is 2.59. The van der Waals surface area contributed by atoms with Crippen LogP contribution in [-0.2, 0) is 6.42 Å². The molecule has 1 heterocycles. The van der Waals surface area contributed by atoms with E-state index in [0.717, 1.165) is 17.7 Å². The van der Waals surface area contributed by atoms with Crippen LogP contribution in [0, 0.1) is 23.5 Å². The molecule has 0 saturated heterocycles. The summed E-state index contributed by atoms with van der Waals surface area (Å²) in [5, 5.41) is 2.29. The van der Waals surface area contributed by atoms with Gasteiger partial charge < -0.3 is 0 Å². The number of hydrogen-bond donors (Lipinski definition) is 0. The molecule has 0 unspecified atom stereocenters. The number of rotatable bonds is 4. The summed E-state index contributed by atoms with van der Waals surface area (Å²) >= 11 is 5.97. The lowest BCUT2D eigenvalue weighted by Crippen LogP contribution is -1.90. The summed E-state index contributed by atoms with van der Waals surface area (Å²) in [6.07, 6.45) is 1.91. The molecule has 0 radical (unpaired) electrons. The first-order chi connectivity index (χ1) is 13.1. The van der Waals surface area contributed by atoms with Crippen LogP contribution in [-0.4, -0.2) is 5.16 Å². The molecule has 0 atom stereocenters. The van der Waals surface area contributed by atoms with Gasteiger partial charge in [0.15, 0.2) is 0 Å². The molecule has 0 saturated carbocycles. The predicted octanol–water partition coefficient (Wildman–Crippen LogP) is 6.78. The SMILES string of the molecule is CCCc1ccc(-c2c(F)cc(C#Cc3ccc(N=C=S)cc3)cc2F)s1. The van der Waals surface area contributed by atoms with Crippen LogP contribution in [0.5, 0.6) is 0 Å². The average molecular weight is 395 g/mol. The Labute approximate surface area is 166 Å². The first kappa shape index (κ1) is 19.1. The summed E-state index contributed by atoms with van der Waals surface area (Å²) in [5.74, 6) is 4.50. The molecule has 134 valence electrons. The molecule has 1 nitrogen and oxygen atoms in total. The van der Waals surface area contributed by atoms with Gasteiger partial charge in [0, 0.05) is 20.9 Å². The first-order valence-electron chi connectivity index (χ1n) is 8.38. The Bertz CT molecular complexity index is 1040. The molecule has 5 heteroatoms. The van der Waals surface area contributed by atoms with Crippen LogP contribution in [0.3, 0.4) is 0 Å². The van der Waals surface area contributed by atoms with E-state index in [9.17, 15) is 8.78 Å². The van der Waals surface area contributed by atoms with Crippen molar-refractivity contribution < 1.29 is 8.78 Å². The average Bonchev–Trinajstić information content (AvgIpc) is 3.09. The summed E-state index contributed by atoms with van der Waals surface area (Å²) in [5.41, 5.74) is 1.69. The standard InChI is InChI=1S/C22H15F2NS2/c1-2-3-18-10-11-21(27-18)22-19(23)12-16(13-20(22)24)5-4-15-6-8-17(9-7-15)25-14-26/h6-13H,2-3H2,1H3. The van der Waals surface area contributed by atoms with E-state index in [2.05, 4.69) is 41.1 Å². The maximum Gasteiger partial charge on any atom is 0.136 e. The molecule has 0 N–H and O–H groups in total. The normalized spacial score (nSPS) is 10.0. The first-order valence-corrected chi connectivity index (χ1v) is 9.61. The van der Waals surface area contributed by atoms with Gasteiger partial charge in [-0.3, -0.25) is 0 Å². The zero-order valence-electron chi connectivity index (χ0n) is 14.6. The number of halogens is 2. The van der Waals surface area contributed by atoms with Gasteiger partial charge in [-0.1, -0.05) is 25.2 Å². The Kier molecular flexibility index (Phi) is 6.26. The van der Waals surface area contributed by atoms with Crippen LogP contribution < -0.4 is 0 Å². The fourth-order valence-corrected chi connectivity index (χ4v) is 3.85. The van der Waals surface area contributed by atoms with E-state index >= 15 is 0 Å². The van der Waals surface area contributed by atoms with Crippen LogP contribution in [0.1, 0.15) is 29.3 Å². The van der Waals surface area contributed by atoms with Crippen LogP contribution in [0.2, 0.25) is 0 Å². The highest BCUT2D eigenvalue weighted by Crippen LogP contribution is 2.33. The van der Waals surface area contributed by atoms with Crippen molar-refractivity contribution >= 4 is 34.4 Å². The maximum absolute atomic E-state index is 14.5. The zero-order chi connectivity index (χ0) is 19.2. The van der Waals surface area contributed by atoms with Gasteiger partial charge in [-0.15, -0.1) is 11.3 Å². The van der Waals surface area contributed by atoms with Crippen LogP contribution >= 0.6 is 23.6 Å². The molecular formula is C22H15F2NS2. The van der Waals surface area contributed by atoms with Gasteiger partial charge in [-0.05, 0) is 67.2 Å². The van der Waals surface area contributed by atoms with E-state index in [1.54, 1.807) is 30.3 Å². The molecule has 2 aromatic carbocycles. The van der Waals surface area contributed by atoms with Gasteiger partial charge in [-0.2, -0.15) is 4.99 Å². The Morgan fingerprint density at radius 3 is 2.26 bits per heavy atom. The zero-order valence-corrected chi connectivity index (χ0v) is 16.2. The third-order valence-electron chi connectivity index (χ3n) is 3.84. The minimum atomic E-state index is -0.602. The van der Waals surface area contributed by atoms with Crippen molar-refractivity contribution in [1.82, 2.24) is 0 Å². The van der Waals surface area contributed by atoms with Crippen LogP contribution in [0.4, 0.5) is 14.5 Å². The number of aliphatic imine (C=N–C) groups is 1. The lowest BCUT2D eigenvalue weighted by atomic mass is 10.1. The second-order valence-corrected chi connectivity index (χ2v) is 7.18. The molecular weight excluding hydrogens is 380 g/mol. The number of thiophene rings is 1. The van der Waals surface area contributed by atoms with E-state index in [-0.39, 0.29) is 5.56 Å². The van der Waals surface area contributed by atoms with Crippen molar-refractivity contribution in [3.8, 4) is 22.3 Å². The summed E-state index contributed by atoms with van der Waals surface area (Å²) in [6.45, 7) is 2.08. The van der Waals surface area contributed by atoms with Gasteiger partial charge in [-0.25, -0.2) is 8.78 Å². The number of aryl methyl sites for hydroxylation is 1. The third kappa shape index (κ3) is 4.75. The number of benzene rings is 2. The summed E-state index contributed by atoms with van der Waals surface area (Å²) in [4.78, 5) is 5.58. The minimum Gasteiger partial charge on any atom is -0.206 e. The van der Waals surface area contributed by atoms with Crippen LogP contribution in [0.15, 0.2) is 53.5 Å². The van der Waals surface area contributed by atoms with E-state index in [1.807, 2.05) is 6.07 Å². The maximum atomic E-state index is 14.5. The molecule has 3 aromatic rings. The molecule has 1 aromatic heterocycles. The molecule has 0 amide bonds. The smallest absolute Gasteiger partial charge is 0.136 e. The van der Waals surface area contributed by atoms with E-state index in [1.165, 1.54) is 23.5 Å². The predicted molar refractivity (Wildman–Crippen MR) is 111 cm³/mol. The largest absolute Gasteiger partial charge is 0.206 e. The fraction of sp³-hybridized carbons (Fsp3) is 0.136. The van der Waals surface area contributed by atoms with Crippen molar-refractivity contribution in [3.05, 3.63) is 76.2 Å². The molecule has 0 bridgehead atoms. The van der Waals surface area contributed by atoms with Crippen molar-refractivity contribution in [2.45, 2.75) is 19.8 Å². The molecule has 0 aliphatic heterocycles. The topological polar surface area (TPSA) is 12.4 Å². The highest BCUT2D eigenvalue weighted by molar-refractivity contribution is 7.78. The Hall–Kier alpha value is -2.64. The number of thiocarbonyl (C=S) groups is 1. The number of hydrogen-bond acceptors (Lipinski definition) is 3. The molecule has 0 aliphatic rings. The molecule has 0 aliphatic carbocycles. The van der Waals surface area contributed by atoms with E-state index in [4.69, 9.17) is 0 Å². The number of nitrogens with zero attached hydrogens (tertiary/aromatic N) is 1. The Morgan fingerprint density at radius 2 is 1.63 bits per heavy atom. The highest BCUT2D eigenvalue weighted by atomic mass is 32.1. The van der Waals surface area contributed by atoms with Crippen molar-refractivity contribution in [2.24, 2.45) is 4.99 Å². The molecule has 3 rings (SSSR count). The van der Waals surface area contributed by atoms with Crippen molar-refractivity contribution in [1.29, 1.82) is 0 Å². The monoisotopic (exact) mass is 395 g/mol. The Balaban J connectivity index is 1.87. The third-order valence-corrected chi connectivity index (χ3v) is 5.09. The lowest BCUT2D eigenvalue weighted by Gasteiger charge is -2.03. The van der Waals surface area contributed by atoms with E-state index in [0.29, 0.717) is 21.7 Å². The van der Waals surface area contributed by atoms with E-state index < -0.39 is 11.6 Å². The quantitative estimate of drug-likeness (QED) is 0.269. The number of isothiocyanates is 1. The summed E-state index contributed by atoms with van der Waals surface area (Å²) < 4.78 is 29.0. The van der Waals surface area contributed by atoms with Gasteiger partial charge in [0.2, 0.25) is 0 Å². The van der Waals surface area contributed by atoms with Gasteiger partial charge in [0.05, 0.1) is 16.4 Å². The van der Waals surface area contributed by atoms with Crippen LogP contribution in [0.25, 0.3) is 10.4 Å².